The van der Waals surface area contributed by atoms with Gasteiger partial charge in [0.05, 0.1) is 0 Å². The lowest BCUT2D eigenvalue weighted by Gasteiger charge is -2.12. The minimum atomic E-state index is -0.504. The molecule has 0 aliphatic heterocycles. The largest absolute Gasteiger partial charge is 0.351 e. The molecule has 0 fully saturated rings. The quantitative estimate of drug-likeness (QED) is 0.807. The number of hydrogen-bond donors (Lipinski definition) is 1. The van der Waals surface area contributed by atoms with Gasteiger partial charge in [-0.25, -0.2) is 4.39 Å². The van der Waals surface area contributed by atoms with E-state index in [0.29, 0.717) is 18.9 Å². The monoisotopic (exact) mass is 257 g/mol. The SMILES string of the molecule is CC(C)C[C@@H](Cl)C(=O)NCc1ccc(F)cc1. The van der Waals surface area contributed by atoms with E-state index in [9.17, 15) is 9.18 Å². The third-order valence-electron chi connectivity index (χ3n) is 2.34. The van der Waals surface area contributed by atoms with Gasteiger partial charge < -0.3 is 5.32 Å². The van der Waals surface area contributed by atoms with Crippen molar-refractivity contribution in [2.24, 2.45) is 5.92 Å². The van der Waals surface area contributed by atoms with Crippen LogP contribution in [0, 0.1) is 11.7 Å². The van der Waals surface area contributed by atoms with Gasteiger partial charge in [0.1, 0.15) is 11.2 Å². The maximum Gasteiger partial charge on any atom is 0.238 e. The van der Waals surface area contributed by atoms with Gasteiger partial charge in [-0.2, -0.15) is 0 Å². The van der Waals surface area contributed by atoms with Gasteiger partial charge in [0, 0.05) is 6.54 Å². The zero-order valence-electron chi connectivity index (χ0n) is 10.0. The molecule has 0 saturated heterocycles. The number of halogens is 2. The van der Waals surface area contributed by atoms with Crippen LogP contribution in [-0.2, 0) is 11.3 Å². The molecular weight excluding hydrogens is 241 g/mol. The molecule has 0 aromatic heterocycles. The van der Waals surface area contributed by atoms with Crippen molar-refractivity contribution in [3.63, 3.8) is 0 Å². The molecule has 0 saturated carbocycles. The van der Waals surface area contributed by atoms with Gasteiger partial charge >= 0.3 is 0 Å². The first-order chi connectivity index (χ1) is 7.99. The smallest absolute Gasteiger partial charge is 0.238 e. The summed E-state index contributed by atoms with van der Waals surface area (Å²) in [5.41, 5.74) is 0.855. The van der Waals surface area contributed by atoms with Crippen molar-refractivity contribution < 1.29 is 9.18 Å². The molecular formula is C13H17ClFNO. The molecule has 1 aromatic carbocycles. The fourth-order valence-corrected chi connectivity index (χ4v) is 1.86. The van der Waals surface area contributed by atoms with Crippen LogP contribution in [0.4, 0.5) is 4.39 Å². The molecule has 1 N–H and O–H groups in total. The Bertz CT molecular complexity index is 364. The van der Waals surface area contributed by atoms with Crippen LogP contribution in [0.2, 0.25) is 0 Å². The number of carbonyl (C=O) groups excluding carboxylic acids is 1. The zero-order valence-corrected chi connectivity index (χ0v) is 10.8. The van der Waals surface area contributed by atoms with Crippen LogP contribution in [0.1, 0.15) is 25.8 Å². The highest BCUT2D eigenvalue weighted by atomic mass is 35.5. The second-order valence-corrected chi connectivity index (χ2v) is 4.97. The van der Waals surface area contributed by atoms with E-state index in [1.165, 1.54) is 12.1 Å². The molecule has 1 amide bonds. The highest BCUT2D eigenvalue weighted by molar-refractivity contribution is 6.30. The summed E-state index contributed by atoms with van der Waals surface area (Å²) in [6, 6.07) is 6.02. The molecule has 2 nitrogen and oxygen atoms in total. The van der Waals surface area contributed by atoms with Crippen molar-refractivity contribution in [1.29, 1.82) is 0 Å². The van der Waals surface area contributed by atoms with Crippen molar-refractivity contribution in [2.75, 3.05) is 0 Å². The molecule has 0 aliphatic rings. The van der Waals surface area contributed by atoms with Crippen LogP contribution in [-0.4, -0.2) is 11.3 Å². The first-order valence-corrected chi connectivity index (χ1v) is 6.09. The highest BCUT2D eigenvalue weighted by Gasteiger charge is 2.15. The summed E-state index contributed by atoms with van der Waals surface area (Å²) in [4.78, 5) is 11.6. The Morgan fingerprint density at radius 1 is 1.35 bits per heavy atom. The van der Waals surface area contributed by atoms with Crippen molar-refractivity contribution in [1.82, 2.24) is 5.32 Å². The molecule has 0 heterocycles. The van der Waals surface area contributed by atoms with Gasteiger partial charge in [0.2, 0.25) is 5.91 Å². The topological polar surface area (TPSA) is 29.1 Å². The van der Waals surface area contributed by atoms with Crippen LogP contribution in [0.15, 0.2) is 24.3 Å². The van der Waals surface area contributed by atoms with Gasteiger partial charge in [-0.05, 0) is 30.0 Å². The predicted molar refractivity (Wildman–Crippen MR) is 67.3 cm³/mol. The summed E-state index contributed by atoms with van der Waals surface area (Å²) < 4.78 is 12.6. The van der Waals surface area contributed by atoms with E-state index in [1.807, 2.05) is 13.8 Å². The number of rotatable bonds is 5. The van der Waals surface area contributed by atoms with Crippen LogP contribution >= 0.6 is 11.6 Å². The molecule has 1 rings (SSSR count). The van der Waals surface area contributed by atoms with E-state index in [-0.39, 0.29) is 11.7 Å². The lowest BCUT2D eigenvalue weighted by Crippen LogP contribution is -2.31. The van der Waals surface area contributed by atoms with Gasteiger partial charge in [-0.3, -0.25) is 4.79 Å². The molecule has 0 aliphatic carbocycles. The number of amides is 1. The van der Waals surface area contributed by atoms with Crippen LogP contribution in [0.5, 0.6) is 0 Å². The van der Waals surface area contributed by atoms with Crippen molar-refractivity contribution in [2.45, 2.75) is 32.2 Å². The summed E-state index contributed by atoms with van der Waals surface area (Å²) in [6.07, 6.45) is 0.650. The van der Waals surface area contributed by atoms with E-state index < -0.39 is 5.38 Å². The summed E-state index contributed by atoms with van der Waals surface area (Å²) in [6.45, 7) is 4.41. The number of benzene rings is 1. The van der Waals surface area contributed by atoms with E-state index in [0.717, 1.165) is 5.56 Å². The summed E-state index contributed by atoms with van der Waals surface area (Å²) in [5.74, 6) is -0.0751. The fraction of sp³-hybridized carbons (Fsp3) is 0.462. The molecule has 4 heteroatoms. The average Bonchev–Trinajstić information content (AvgIpc) is 2.27. The average molecular weight is 258 g/mol. The number of hydrogen-bond acceptors (Lipinski definition) is 1. The van der Waals surface area contributed by atoms with Gasteiger partial charge in [-0.1, -0.05) is 26.0 Å². The first kappa shape index (κ1) is 14.0. The van der Waals surface area contributed by atoms with Crippen molar-refractivity contribution >= 4 is 17.5 Å². The minimum absolute atomic E-state index is 0.176. The van der Waals surface area contributed by atoms with E-state index in [1.54, 1.807) is 12.1 Å². The third-order valence-corrected chi connectivity index (χ3v) is 2.72. The fourth-order valence-electron chi connectivity index (χ4n) is 1.42. The van der Waals surface area contributed by atoms with Crippen LogP contribution in [0.3, 0.4) is 0 Å². The van der Waals surface area contributed by atoms with Gasteiger partial charge in [0.15, 0.2) is 0 Å². The van der Waals surface area contributed by atoms with E-state index >= 15 is 0 Å². The molecule has 17 heavy (non-hydrogen) atoms. The Balaban J connectivity index is 2.40. The standard InChI is InChI=1S/C13H17ClFNO/c1-9(2)7-12(14)13(17)16-8-10-3-5-11(15)6-4-10/h3-6,9,12H,7-8H2,1-2H3,(H,16,17)/t12-/m1/s1. The molecule has 1 aromatic rings. The normalized spacial score (nSPS) is 12.5. The van der Waals surface area contributed by atoms with E-state index in [2.05, 4.69) is 5.32 Å². The Morgan fingerprint density at radius 3 is 2.47 bits per heavy atom. The second-order valence-electron chi connectivity index (χ2n) is 4.44. The van der Waals surface area contributed by atoms with Gasteiger partial charge in [-0.15, -0.1) is 11.6 Å². The molecule has 1 atom stereocenters. The van der Waals surface area contributed by atoms with Crippen LogP contribution < -0.4 is 5.32 Å². The lowest BCUT2D eigenvalue weighted by atomic mass is 10.1. The maximum absolute atomic E-state index is 12.6. The maximum atomic E-state index is 12.6. The lowest BCUT2D eigenvalue weighted by molar-refractivity contribution is -0.121. The number of nitrogens with one attached hydrogen (secondary N) is 1. The minimum Gasteiger partial charge on any atom is -0.351 e. The molecule has 0 unspecified atom stereocenters. The Morgan fingerprint density at radius 2 is 1.94 bits per heavy atom. The summed E-state index contributed by atoms with van der Waals surface area (Å²) >= 11 is 5.95. The van der Waals surface area contributed by atoms with Gasteiger partial charge in [0.25, 0.3) is 0 Å². The van der Waals surface area contributed by atoms with Crippen molar-refractivity contribution in [3.05, 3.63) is 35.6 Å². The zero-order chi connectivity index (χ0) is 12.8. The van der Waals surface area contributed by atoms with Crippen LogP contribution in [0.25, 0.3) is 0 Å². The number of alkyl halides is 1. The highest BCUT2D eigenvalue weighted by Crippen LogP contribution is 2.11. The summed E-state index contributed by atoms with van der Waals surface area (Å²) in [7, 11) is 0. The molecule has 94 valence electrons. The second kappa shape index (κ2) is 6.60. The number of carbonyl (C=O) groups is 1. The molecule has 0 spiro atoms. The molecule has 0 bridgehead atoms. The van der Waals surface area contributed by atoms with E-state index in [4.69, 9.17) is 11.6 Å². The third kappa shape index (κ3) is 5.18. The van der Waals surface area contributed by atoms with Crippen molar-refractivity contribution in [3.8, 4) is 0 Å². The Labute approximate surface area is 106 Å². The Hall–Kier alpha value is -1.09. The predicted octanol–water partition coefficient (Wildman–Crippen LogP) is 3.10. The first-order valence-electron chi connectivity index (χ1n) is 5.65. The Kier molecular flexibility index (Phi) is 5.42. The molecule has 0 radical (unpaired) electrons. The summed E-state index contributed by atoms with van der Waals surface area (Å²) in [5, 5.41) is 2.23.